The molecule has 0 aromatic carbocycles. The van der Waals surface area contributed by atoms with Gasteiger partial charge in [-0.05, 0) is 25.3 Å². The zero-order valence-electron chi connectivity index (χ0n) is 39.6. The van der Waals surface area contributed by atoms with E-state index in [1.54, 1.807) is 0 Å². The topological polar surface area (TPSA) is 495 Å². The van der Waals surface area contributed by atoms with Crippen molar-refractivity contribution in [2.75, 3.05) is 61.4 Å². The Bertz CT molecular complexity index is 1720. The molecule has 4 saturated heterocycles. The van der Waals surface area contributed by atoms with Crippen LogP contribution >= 0.6 is 0 Å². The molecule has 33 heteroatoms. The van der Waals surface area contributed by atoms with Gasteiger partial charge in [0, 0.05) is 39.9 Å². The Morgan fingerprint density at radius 1 is 0.548 bits per heavy atom. The Balaban J connectivity index is 0.000000589. The molecule has 4 fully saturated rings. The number of carboxylic acid groups (broad SMARTS) is 2. The largest absolute Gasteiger partial charge is 0.480 e. The van der Waals surface area contributed by atoms with Gasteiger partial charge < -0.3 is 129 Å². The first kappa shape index (κ1) is 65.1. The maximum absolute atomic E-state index is 12.6. The van der Waals surface area contributed by atoms with Crippen molar-refractivity contribution in [3.63, 3.8) is 0 Å². The van der Waals surface area contributed by atoms with Crippen molar-refractivity contribution in [1.29, 1.82) is 0 Å². The van der Waals surface area contributed by atoms with Crippen LogP contribution in [0.4, 0.5) is 9.59 Å². The number of hydrogen-bond acceptors (Lipinski definition) is 27. The van der Waals surface area contributed by atoms with Crippen LogP contribution < -0.4 is 10.6 Å². The number of carbonyl (C=O) groups excluding carboxylic acids is 2. The third-order valence-electron chi connectivity index (χ3n) is 11.4. The van der Waals surface area contributed by atoms with E-state index in [0.29, 0.717) is 6.42 Å². The number of azide groups is 1. The molecular formula is C40H71N5O28. The average molecular weight is 1070 g/mol. The van der Waals surface area contributed by atoms with Crippen LogP contribution in [0.5, 0.6) is 0 Å². The minimum atomic E-state index is -1.87. The molecule has 14 N–H and O–H groups in total. The van der Waals surface area contributed by atoms with Crippen molar-refractivity contribution < 1.29 is 137 Å². The summed E-state index contributed by atoms with van der Waals surface area (Å²) in [5.74, 6) is -2.77. The van der Waals surface area contributed by atoms with Crippen LogP contribution in [0.1, 0.15) is 33.6 Å². The number of methoxy groups -OCH3 is 4. The lowest BCUT2D eigenvalue weighted by Gasteiger charge is -2.44. The quantitative estimate of drug-likeness (QED) is 0.0196. The van der Waals surface area contributed by atoms with E-state index in [-0.39, 0.29) is 46.6 Å². The molecule has 0 aromatic rings. The van der Waals surface area contributed by atoms with Gasteiger partial charge in [-0.1, -0.05) is 19.0 Å². The van der Waals surface area contributed by atoms with Crippen LogP contribution in [0, 0.1) is 0 Å². The summed E-state index contributed by atoms with van der Waals surface area (Å²) in [4.78, 5) is 50.1. The molecule has 33 nitrogen and oxygen atoms in total. The molecular weight excluding hydrogens is 998 g/mol. The fourth-order valence-electron chi connectivity index (χ4n) is 7.37. The standard InChI is InChI=1S/C25H41N5O17.C14H26O11.CH4/c1-10(20(35)36)28-24(39)46-19-14(31)12(8-41-2)45-23(17(19)34)43-9-13-15(32)18(16(33)22(42-3)44-13)47-25(40)29-11(21(37)38)6-4-5-7-27-30-26;1-21-3-5-7(15)10(18)12(20)14(25-5)23-4-6-8(16)9(17)11(19)13(22-2)24-6;/h10-19,22-23,31-34H,4-9H2,1-3H3,(H,28,39)(H,29,40)(H,35,36)(H,37,38);5-20H,3-4H2,1-2H3;1H4/t10-,11-,12?,13?,14+,15+,16?,17?,18-,19-,22-,23+;5?,6?,7-,8-,9+,10+,11?,12?,13+,14-;/m01./s1. The molecule has 0 radical (unpaired) electrons. The smallest absolute Gasteiger partial charge is 0.408 e. The summed E-state index contributed by atoms with van der Waals surface area (Å²) in [5, 5.41) is 128. The summed E-state index contributed by atoms with van der Waals surface area (Å²) in [6.07, 6.45) is -31.7. The number of ether oxygens (including phenoxy) is 12. The second-order valence-electron chi connectivity index (χ2n) is 16.6. The minimum Gasteiger partial charge on any atom is -0.480 e. The molecule has 0 spiro atoms. The molecule has 4 aliphatic heterocycles. The number of nitrogens with one attached hydrogen (secondary N) is 2. The van der Waals surface area contributed by atoms with E-state index in [9.17, 15) is 75.3 Å². The van der Waals surface area contributed by atoms with E-state index in [0.717, 1.165) is 14.0 Å². The number of unbranched alkanes of at least 4 members (excludes halogenated alkanes) is 1. The first-order chi connectivity index (χ1) is 34.1. The predicted molar refractivity (Wildman–Crippen MR) is 234 cm³/mol. The molecule has 4 aliphatic rings. The van der Waals surface area contributed by atoms with Crippen LogP contribution in [0.2, 0.25) is 0 Å². The lowest BCUT2D eigenvalue weighted by molar-refractivity contribution is -0.328. The number of alkyl carbamates (subject to hydrolysis) is 2. The van der Waals surface area contributed by atoms with Crippen molar-refractivity contribution >= 4 is 24.1 Å². The molecule has 22 atom stereocenters. The average Bonchev–Trinajstić information content (AvgIpc) is 3.34. The SMILES string of the molecule is C.COCC1O[C@@H](OCC2O[C@H](OC)C(O)[C@@H](O)[C@@H]2O)C(O)[C@@H](O)[C@@H]1O.COCC1O[C@@H](OCC2O[C@H](OC)C(O)[C@@H](OC(=O)N[C@@H](CCCCN=[N+]=[N-])C(=O)O)[C@@H]2O)C(O)[C@@H](OC(=O)N[C@@H](C)C(=O)O)[C@@H]1O. The van der Waals surface area contributed by atoms with E-state index in [4.69, 9.17) is 67.5 Å². The Morgan fingerprint density at radius 3 is 1.40 bits per heavy atom. The third-order valence-corrected chi connectivity index (χ3v) is 11.4. The summed E-state index contributed by atoms with van der Waals surface area (Å²) >= 11 is 0. The highest BCUT2D eigenvalue weighted by molar-refractivity contribution is 5.80. The van der Waals surface area contributed by atoms with Crippen LogP contribution in [0.25, 0.3) is 10.4 Å². The Morgan fingerprint density at radius 2 is 0.945 bits per heavy atom. The maximum atomic E-state index is 12.6. The molecule has 73 heavy (non-hydrogen) atoms. The maximum Gasteiger partial charge on any atom is 0.408 e. The number of hydrogen-bond donors (Lipinski definition) is 14. The second-order valence-corrected chi connectivity index (χ2v) is 16.6. The number of aliphatic hydroxyl groups excluding tert-OH is 10. The van der Waals surface area contributed by atoms with E-state index < -0.39 is 166 Å². The third kappa shape index (κ3) is 18.4. The van der Waals surface area contributed by atoms with Crippen LogP contribution in [0.3, 0.4) is 0 Å². The number of nitrogens with zero attached hydrogens (tertiary/aromatic N) is 3. The predicted octanol–water partition coefficient (Wildman–Crippen LogP) is -5.67. The number of aliphatic carboxylic acids is 2. The van der Waals surface area contributed by atoms with Gasteiger partial charge >= 0.3 is 24.1 Å². The number of amides is 2. The van der Waals surface area contributed by atoms with Crippen molar-refractivity contribution in [3.05, 3.63) is 10.4 Å². The van der Waals surface area contributed by atoms with Gasteiger partial charge in [-0.2, -0.15) is 0 Å². The second kappa shape index (κ2) is 31.8. The molecule has 4 heterocycles. The molecule has 0 aromatic heterocycles. The number of carboxylic acids is 2. The number of aliphatic hydroxyl groups is 10. The highest BCUT2D eigenvalue weighted by Gasteiger charge is 2.52. The van der Waals surface area contributed by atoms with Crippen LogP contribution in [-0.2, 0) is 66.4 Å². The lowest BCUT2D eigenvalue weighted by Crippen LogP contribution is -2.63. The van der Waals surface area contributed by atoms with E-state index in [1.807, 2.05) is 5.32 Å². The zero-order valence-corrected chi connectivity index (χ0v) is 39.6. The van der Waals surface area contributed by atoms with Gasteiger partial charge in [0.1, 0.15) is 97.5 Å². The lowest BCUT2D eigenvalue weighted by atomic mass is 9.98. The van der Waals surface area contributed by atoms with E-state index >= 15 is 0 Å². The van der Waals surface area contributed by atoms with Gasteiger partial charge in [0.05, 0.1) is 26.4 Å². The van der Waals surface area contributed by atoms with E-state index in [1.165, 1.54) is 21.3 Å². The van der Waals surface area contributed by atoms with Crippen LogP contribution in [-0.4, -0.2) is 282 Å². The van der Waals surface area contributed by atoms with Crippen LogP contribution in [0.15, 0.2) is 5.11 Å². The first-order valence-corrected chi connectivity index (χ1v) is 22.2. The van der Waals surface area contributed by atoms with Gasteiger partial charge in [-0.3, -0.25) is 4.79 Å². The summed E-state index contributed by atoms with van der Waals surface area (Å²) in [5.41, 5.74) is 8.32. The summed E-state index contributed by atoms with van der Waals surface area (Å²) in [7, 11) is 5.06. The first-order valence-electron chi connectivity index (χ1n) is 22.2. The number of carbonyl (C=O) groups is 4. The number of rotatable bonds is 23. The molecule has 8 unspecified atom stereocenters. The molecule has 0 bridgehead atoms. The summed E-state index contributed by atoms with van der Waals surface area (Å²) in [6, 6.07) is -2.78. The van der Waals surface area contributed by atoms with Crippen molar-refractivity contribution in [2.24, 2.45) is 5.11 Å². The molecule has 0 saturated carbocycles. The van der Waals surface area contributed by atoms with Gasteiger partial charge in [-0.15, -0.1) is 0 Å². The van der Waals surface area contributed by atoms with Gasteiger partial charge in [0.2, 0.25) is 0 Å². The zero-order chi connectivity index (χ0) is 54.0. The van der Waals surface area contributed by atoms with Gasteiger partial charge in [-0.25, -0.2) is 14.4 Å². The van der Waals surface area contributed by atoms with Gasteiger partial charge in [0.15, 0.2) is 37.4 Å². The highest BCUT2D eigenvalue weighted by Crippen LogP contribution is 2.30. The molecule has 4 rings (SSSR count). The van der Waals surface area contributed by atoms with Crippen molar-refractivity contribution in [1.82, 2.24) is 10.6 Å². The van der Waals surface area contributed by atoms with Crippen molar-refractivity contribution in [2.45, 2.75) is 169 Å². The monoisotopic (exact) mass is 1070 g/mol. The fraction of sp³-hybridized carbons (Fsp3) is 0.900. The van der Waals surface area contributed by atoms with E-state index in [2.05, 4.69) is 15.3 Å². The summed E-state index contributed by atoms with van der Waals surface area (Å²) in [6.45, 7) is 0.00382. The van der Waals surface area contributed by atoms with Gasteiger partial charge in [0.25, 0.3) is 0 Å². The minimum absolute atomic E-state index is 0. The Labute approximate surface area is 417 Å². The Hall–Kier alpha value is -4.01. The van der Waals surface area contributed by atoms with Crippen molar-refractivity contribution in [3.8, 4) is 0 Å². The molecule has 2 amide bonds. The molecule has 0 aliphatic carbocycles. The Kier molecular flexibility index (Phi) is 28.3. The fourth-order valence-corrected chi connectivity index (χ4v) is 7.37. The summed E-state index contributed by atoms with van der Waals surface area (Å²) < 4.78 is 62.7. The normalized spacial score (nSPS) is 37.1. The highest BCUT2D eigenvalue weighted by atomic mass is 16.7. The molecule has 424 valence electrons.